The summed E-state index contributed by atoms with van der Waals surface area (Å²) in [5.74, 6) is 4.68. The van der Waals surface area contributed by atoms with Crippen LogP contribution in [0.3, 0.4) is 0 Å². The van der Waals surface area contributed by atoms with Gasteiger partial charge < -0.3 is 25.7 Å². The molecule has 7 N–H and O–H groups in total. The van der Waals surface area contributed by atoms with Gasteiger partial charge in [0.05, 0.1) is 23.2 Å². The highest BCUT2D eigenvalue weighted by Gasteiger charge is 2.43. The van der Waals surface area contributed by atoms with Gasteiger partial charge in [0.25, 0.3) is 5.91 Å². The van der Waals surface area contributed by atoms with E-state index in [9.17, 15) is 9.59 Å². The first-order chi connectivity index (χ1) is 16.5. The first kappa shape index (κ1) is 22.0. The zero-order chi connectivity index (χ0) is 23.9. The Hall–Kier alpha value is -3.86. The van der Waals surface area contributed by atoms with E-state index in [2.05, 4.69) is 15.6 Å². The Balaban J connectivity index is 1.62. The van der Waals surface area contributed by atoms with Crippen LogP contribution in [0.15, 0.2) is 35.4 Å². The molecule has 0 unspecified atom stereocenters. The lowest BCUT2D eigenvalue weighted by atomic mass is 9.74. The van der Waals surface area contributed by atoms with Gasteiger partial charge >= 0.3 is 0 Å². The van der Waals surface area contributed by atoms with E-state index in [1.807, 2.05) is 28.2 Å². The van der Waals surface area contributed by atoms with Gasteiger partial charge in [-0.3, -0.25) is 15.0 Å². The largest absolute Gasteiger partial charge is 0.489 e. The predicted octanol–water partition coefficient (Wildman–Crippen LogP) is 1.91. The maximum absolute atomic E-state index is 15.5. The molecule has 1 spiro atoms. The number of hydrogen-bond acceptors (Lipinski definition) is 8. The zero-order valence-electron chi connectivity index (χ0n) is 18.5. The van der Waals surface area contributed by atoms with Gasteiger partial charge in [-0.15, -0.1) is 0 Å². The number of hydrogen-bond donors (Lipinski definition) is 5. The maximum atomic E-state index is 15.5. The second-order valence-electron chi connectivity index (χ2n) is 8.62. The molecule has 1 fully saturated rings. The van der Waals surface area contributed by atoms with Crippen molar-refractivity contribution in [2.45, 2.75) is 31.2 Å². The maximum Gasteiger partial charge on any atom is 0.270 e. The highest BCUT2D eigenvalue weighted by atomic mass is 19.1. The van der Waals surface area contributed by atoms with Gasteiger partial charge in [-0.2, -0.15) is 0 Å². The summed E-state index contributed by atoms with van der Waals surface area (Å²) < 4.78 is 23.4. The van der Waals surface area contributed by atoms with Gasteiger partial charge in [0, 0.05) is 37.4 Å². The standard InChI is InChI=1S/C23H26FN7O3/c24-16-17(25)15-19-21(18(16)29-10-9-28-14-4-1-2-8-27-14)34-11-7-23(5-3-6-23)31(19)12-13(20(15)32)22(33)30-26/h1-2,4,8,12,29H,3,5-7,9-11,25-26H2,(H,27,28)(H,30,33). The number of anilines is 3. The van der Waals surface area contributed by atoms with Crippen LogP contribution in [-0.4, -0.2) is 35.2 Å². The average molecular weight is 468 g/mol. The Kier molecular flexibility index (Phi) is 5.48. The summed E-state index contributed by atoms with van der Waals surface area (Å²) in [6, 6.07) is 5.51. The van der Waals surface area contributed by atoms with Crippen LogP contribution < -0.4 is 37.8 Å². The van der Waals surface area contributed by atoms with E-state index in [0.717, 1.165) is 19.3 Å². The molecule has 2 aromatic heterocycles. The Bertz CT molecular complexity index is 1320. The van der Waals surface area contributed by atoms with Crippen molar-refractivity contribution in [3.63, 3.8) is 0 Å². The molecule has 5 rings (SSSR count). The summed E-state index contributed by atoms with van der Waals surface area (Å²) >= 11 is 0. The molecule has 11 heteroatoms. The fraction of sp³-hybridized carbons (Fsp3) is 0.348. The highest BCUT2D eigenvalue weighted by molar-refractivity contribution is 6.04. The van der Waals surface area contributed by atoms with Crippen molar-refractivity contribution in [2.24, 2.45) is 5.84 Å². The van der Waals surface area contributed by atoms with E-state index >= 15 is 4.39 Å². The van der Waals surface area contributed by atoms with Crippen LogP contribution in [0.4, 0.5) is 21.6 Å². The third kappa shape index (κ3) is 3.39. The van der Waals surface area contributed by atoms with Crippen molar-refractivity contribution in [3.8, 4) is 5.75 Å². The lowest BCUT2D eigenvalue weighted by molar-refractivity contribution is 0.0946. The first-order valence-electron chi connectivity index (χ1n) is 11.2. The van der Waals surface area contributed by atoms with Crippen LogP contribution in [0.25, 0.3) is 10.9 Å². The smallest absolute Gasteiger partial charge is 0.270 e. The molecular formula is C23H26FN7O3. The number of ether oxygens (including phenoxy) is 1. The van der Waals surface area contributed by atoms with Crippen molar-refractivity contribution in [2.75, 3.05) is 36.1 Å². The third-order valence-electron chi connectivity index (χ3n) is 6.76. The number of nitrogens with zero attached hydrogens (tertiary/aromatic N) is 2. The van der Waals surface area contributed by atoms with Crippen molar-refractivity contribution < 1.29 is 13.9 Å². The fourth-order valence-corrected chi connectivity index (χ4v) is 4.85. The summed E-state index contributed by atoms with van der Waals surface area (Å²) in [6.45, 7) is 1.14. The number of halogens is 1. The number of fused-ring (bicyclic) bond motifs is 1. The molecule has 1 saturated carbocycles. The molecule has 178 valence electrons. The minimum absolute atomic E-state index is 0.0704. The number of nitrogens with one attached hydrogen (secondary N) is 3. The molecule has 3 aromatic rings. The van der Waals surface area contributed by atoms with Gasteiger partial charge in [-0.1, -0.05) is 6.07 Å². The molecule has 1 aromatic carbocycles. The summed E-state index contributed by atoms with van der Waals surface area (Å²) in [5, 5.41) is 6.15. The second kappa shape index (κ2) is 8.49. The minimum atomic E-state index is -0.793. The number of benzene rings is 1. The van der Waals surface area contributed by atoms with E-state index in [0.29, 0.717) is 37.5 Å². The zero-order valence-corrected chi connectivity index (χ0v) is 18.5. The van der Waals surface area contributed by atoms with Crippen molar-refractivity contribution in [3.05, 3.63) is 52.2 Å². The first-order valence-corrected chi connectivity index (χ1v) is 11.2. The van der Waals surface area contributed by atoms with Crippen LogP contribution >= 0.6 is 0 Å². The van der Waals surface area contributed by atoms with Gasteiger partial charge in [0.1, 0.15) is 17.1 Å². The molecule has 0 bridgehead atoms. The minimum Gasteiger partial charge on any atom is -0.489 e. The van der Waals surface area contributed by atoms with Gasteiger partial charge in [0.15, 0.2) is 11.6 Å². The number of carbonyl (C=O) groups excluding carboxylic acids is 1. The molecule has 1 aliphatic heterocycles. The molecule has 0 saturated heterocycles. The van der Waals surface area contributed by atoms with E-state index in [1.165, 1.54) is 6.20 Å². The van der Waals surface area contributed by atoms with Crippen LogP contribution in [-0.2, 0) is 5.54 Å². The van der Waals surface area contributed by atoms with Crippen molar-refractivity contribution in [1.29, 1.82) is 0 Å². The SMILES string of the molecule is NNC(=O)c1cn2c3c(c(NCCNc4ccccn4)c(F)c(N)c3c1=O)OCCC21CCC1. The quantitative estimate of drug-likeness (QED) is 0.121. The molecule has 10 nitrogen and oxygen atoms in total. The number of aromatic nitrogens is 2. The number of carbonyl (C=O) groups is 1. The molecule has 0 radical (unpaired) electrons. The summed E-state index contributed by atoms with van der Waals surface area (Å²) in [7, 11) is 0. The number of hydrazine groups is 1. The Morgan fingerprint density at radius 3 is 2.71 bits per heavy atom. The number of nitrogen functional groups attached to an aromatic ring is 2. The Morgan fingerprint density at radius 1 is 1.24 bits per heavy atom. The van der Waals surface area contributed by atoms with Crippen molar-refractivity contribution >= 4 is 34.0 Å². The highest BCUT2D eigenvalue weighted by Crippen LogP contribution is 2.49. The summed E-state index contributed by atoms with van der Waals surface area (Å²) in [4.78, 5) is 29.8. The normalized spacial score (nSPS) is 15.8. The van der Waals surface area contributed by atoms with E-state index in [1.54, 1.807) is 6.20 Å². The molecule has 1 aliphatic carbocycles. The van der Waals surface area contributed by atoms with Crippen LogP contribution in [0.2, 0.25) is 0 Å². The molecule has 34 heavy (non-hydrogen) atoms. The lowest BCUT2D eigenvalue weighted by Gasteiger charge is -2.44. The van der Waals surface area contributed by atoms with E-state index in [-0.39, 0.29) is 33.6 Å². The van der Waals surface area contributed by atoms with Crippen LogP contribution in [0.5, 0.6) is 5.75 Å². The molecular weight excluding hydrogens is 441 g/mol. The second-order valence-corrected chi connectivity index (χ2v) is 8.62. The molecule has 1 amide bonds. The Morgan fingerprint density at radius 2 is 2.03 bits per heavy atom. The number of rotatable bonds is 6. The van der Waals surface area contributed by atoms with Crippen LogP contribution in [0.1, 0.15) is 36.0 Å². The molecule has 0 atom stereocenters. The molecule has 2 aliphatic rings. The van der Waals surface area contributed by atoms with E-state index in [4.69, 9.17) is 16.3 Å². The number of nitrogens with two attached hydrogens (primary N) is 2. The number of pyridine rings is 2. The summed E-state index contributed by atoms with van der Waals surface area (Å²) in [5.41, 5.74) is 7.13. The number of amides is 1. The topological polar surface area (TPSA) is 149 Å². The predicted molar refractivity (Wildman–Crippen MR) is 127 cm³/mol. The monoisotopic (exact) mass is 467 g/mol. The van der Waals surface area contributed by atoms with Crippen molar-refractivity contribution in [1.82, 2.24) is 15.0 Å². The average Bonchev–Trinajstić information content (AvgIpc) is 3.00. The molecule has 3 heterocycles. The van der Waals surface area contributed by atoms with E-state index < -0.39 is 17.2 Å². The Labute approximate surface area is 194 Å². The van der Waals surface area contributed by atoms with Gasteiger partial charge in [0.2, 0.25) is 5.43 Å². The summed E-state index contributed by atoms with van der Waals surface area (Å²) in [6.07, 6.45) is 6.55. The van der Waals surface area contributed by atoms with Gasteiger partial charge in [-0.05, 0) is 31.4 Å². The fourth-order valence-electron chi connectivity index (χ4n) is 4.85. The lowest BCUT2D eigenvalue weighted by Crippen LogP contribution is -2.43. The van der Waals surface area contributed by atoms with Gasteiger partial charge in [-0.25, -0.2) is 15.2 Å². The van der Waals surface area contributed by atoms with Crippen LogP contribution in [0, 0.1) is 5.82 Å². The third-order valence-corrected chi connectivity index (χ3v) is 6.76.